The molecule has 0 heterocycles. The zero-order valence-electron chi connectivity index (χ0n) is 14.9. The van der Waals surface area contributed by atoms with Crippen LogP contribution in [-0.2, 0) is 22.6 Å². The fourth-order valence-electron chi connectivity index (χ4n) is 3.00. The summed E-state index contributed by atoms with van der Waals surface area (Å²) in [6.07, 6.45) is 0.177. The van der Waals surface area contributed by atoms with Crippen molar-refractivity contribution in [1.82, 2.24) is 0 Å². The van der Waals surface area contributed by atoms with E-state index in [0.29, 0.717) is 5.56 Å². The minimum atomic E-state index is -0.755. The number of hydrogen-bond donors (Lipinski definition) is 1. The van der Waals surface area contributed by atoms with E-state index in [1.807, 2.05) is 42.5 Å². The van der Waals surface area contributed by atoms with Gasteiger partial charge in [-0.25, -0.2) is 4.79 Å². The first-order valence-corrected chi connectivity index (χ1v) is 8.67. The number of nitro groups is 1. The standard InChI is InChI=1S/C21H18N2O5/c24-21(28-14-15-6-2-1-3-7-15)19(22-25)12-11-18-17-9-5-4-8-16(17)10-13-20(18)23(26)27/h1-10,13,25H,11-12,14H2/b22-19+. The first-order valence-electron chi connectivity index (χ1n) is 8.67. The van der Waals surface area contributed by atoms with Gasteiger partial charge in [-0.2, -0.15) is 0 Å². The number of oxime groups is 1. The molecule has 0 spiro atoms. The molecule has 28 heavy (non-hydrogen) atoms. The Bertz CT molecular complexity index is 1030. The number of carbonyl (C=O) groups excluding carboxylic acids is 1. The molecule has 0 saturated carbocycles. The van der Waals surface area contributed by atoms with Gasteiger partial charge in [-0.05, 0) is 28.8 Å². The van der Waals surface area contributed by atoms with Crippen LogP contribution < -0.4 is 0 Å². The Labute approximate surface area is 161 Å². The molecule has 0 aliphatic carbocycles. The SMILES string of the molecule is O=C(OCc1ccccc1)/C(CCc1c([N+](=O)[O-])ccc2ccccc12)=N/O. The van der Waals surface area contributed by atoms with Crippen LogP contribution in [0.1, 0.15) is 17.5 Å². The van der Waals surface area contributed by atoms with Gasteiger partial charge in [0.15, 0.2) is 5.71 Å². The van der Waals surface area contributed by atoms with Crippen LogP contribution in [0.25, 0.3) is 10.8 Å². The Hall–Kier alpha value is -3.74. The lowest BCUT2D eigenvalue weighted by Gasteiger charge is -2.09. The zero-order valence-corrected chi connectivity index (χ0v) is 14.9. The number of esters is 1. The number of rotatable bonds is 7. The Morgan fingerprint density at radius 1 is 1.04 bits per heavy atom. The lowest BCUT2D eigenvalue weighted by Crippen LogP contribution is -2.18. The smallest absolute Gasteiger partial charge is 0.356 e. The van der Waals surface area contributed by atoms with Crippen LogP contribution in [0.15, 0.2) is 71.9 Å². The van der Waals surface area contributed by atoms with Crippen molar-refractivity contribution in [3.63, 3.8) is 0 Å². The maximum absolute atomic E-state index is 12.2. The third-order valence-electron chi connectivity index (χ3n) is 4.39. The van der Waals surface area contributed by atoms with E-state index in [0.717, 1.165) is 16.3 Å². The minimum Gasteiger partial charge on any atom is -0.456 e. The van der Waals surface area contributed by atoms with Crippen molar-refractivity contribution in [3.05, 3.63) is 88.0 Å². The van der Waals surface area contributed by atoms with Crippen LogP contribution in [0.4, 0.5) is 5.69 Å². The number of carbonyl (C=O) groups is 1. The number of nitro benzene ring substituents is 1. The maximum Gasteiger partial charge on any atom is 0.356 e. The van der Waals surface area contributed by atoms with Gasteiger partial charge in [0.2, 0.25) is 0 Å². The van der Waals surface area contributed by atoms with E-state index < -0.39 is 10.9 Å². The minimum absolute atomic E-state index is 0.0129. The number of nitrogens with zero attached hydrogens (tertiary/aromatic N) is 2. The second-order valence-electron chi connectivity index (χ2n) is 6.15. The molecule has 0 fully saturated rings. The number of aryl methyl sites for hydroxylation is 1. The third-order valence-corrected chi connectivity index (χ3v) is 4.39. The molecule has 0 atom stereocenters. The first kappa shape index (κ1) is 19.0. The Kier molecular flexibility index (Phi) is 5.96. The molecule has 0 radical (unpaired) electrons. The molecule has 0 saturated heterocycles. The van der Waals surface area contributed by atoms with Gasteiger partial charge in [0.05, 0.1) is 4.92 Å². The van der Waals surface area contributed by atoms with Crippen LogP contribution in [-0.4, -0.2) is 21.8 Å². The van der Waals surface area contributed by atoms with Gasteiger partial charge in [-0.15, -0.1) is 0 Å². The van der Waals surface area contributed by atoms with Crippen LogP contribution in [0, 0.1) is 10.1 Å². The van der Waals surface area contributed by atoms with E-state index in [4.69, 9.17) is 4.74 Å². The quantitative estimate of drug-likeness (QED) is 0.218. The molecule has 0 unspecified atom stereocenters. The average molecular weight is 378 g/mol. The van der Waals surface area contributed by atoms with E-state index in [9.17, 15) is 20.1 Å². The lowest BCUT2D eigenvalue weighted by atomic mass is 9.98. The molecule has 0 bridgehead atoms. The third kappa shape index (κ3) is 4.32. The van der Waals surface area contributed by atoms with Crippen molar-refractivity contribution in [1.29, 1.82) is 0 Å². The van der Waals surface area contributed by atoms with Gasteiger partial charge in [0.1, 0.15) is 6.61 Å². The first-order chi connectivity index (χ1) is 13.6. The number of hydrogen-bond acceptors (Lipinski definition) is 6. The molecule has 0 aromatic heterocycles. The molecule has 3 rings (SSSR count). The Morgan fingerprint density at radius 3 is 2.46 bits per heavy atom. The van der Waals surface area contributed by atoms with Crippen LogP contribution in [0.2, 0.25) is 0 Å². The van der Waals surface area contributed by atoms with Crippen LogP contribution >= 0.6 is 0 Å². The summed E-state index contributed by atoms with van der Waals surface area (Å²) in [5, 5.41) is 25.3. The van der Waals surface area contributed by atoms with Crippen molar-refractivity contribution in [3.8, 4) is 0 Å². The molecule has 7 nitrogen and oxygen atoms in total. The summed E-state index contributed by atoms with van der Waals surface area (Å²) in [6, 6.07) is 19.5. The second-order valence-corrected chi connectivity index (χ2v) is 6.15. The predicted octanol–water partition coefficient (Wildman–Crippen LogP) is 4.25. The van der Waals surface area contributed by atoms with E-state index in [1.165, 1.54) is 6.07 Å². The lowest BCUT2D eigenvalue weighted by molar-refractivity contribution is -0.385. The molecule has 3 aromatic rings. The second kappa shape index (κ2) is 8.77. The molecule has 0 aliphatic heterocycles. The summed E-state index contributed by atoms with van der Waals surface area (Å²) < 4.78 is 5.17. The molecular weight excluding hydrogens is 360 g/mol. The highest BCUT2D eigenvalue weighted by Gasteiger charge is 2.20. The van der Waals surface area contributed by atoms with Crippen LogP contribution in [0.3, 0.4) is 0 Å². The largest absolute Gasteiger partial charge is 0.456 e. The zero-order chi connectivity index (χ0) is 19.9. The van der Waals surface area contributed by atoms with E-state index in [2.05, 4.69) is 5.16 Å². The van der Waals surface area contributed by atoms with Gasteiger partial charge < -0.3 is 9.94 Å². The van der Waals surface area contributed by atoms with Gasteiger partial charge in [-0.1, -0.05) is 59.8 Å². The topological polar surface area (TPSA) is 102 Å². The van der Waals surface area contributed by atoms with E-state index in [1.54, 1.807) is 18.2 Å². The Morgan fingerprint density at radius 2 is 1.75 bits per heavy atom. The highest BCUT2D eigenvalue weighted by atomic mass is 16.6. The molecule has 1 N–H and O–H groups in total. The highest BCUT2D eigenvalue weighted by molar-refractivity contribution is 6.36. The molecule has 7 heteroatoms. The number of benzene rings is 3. The molecule has 0 aliphatic rings. The Balaban J connectivity index is 1.75. The monoisotopic (exact) mass is 378 g/mol. The molecular formula is C21H18N2O5. The fourth-order valence-corrected chi connectivity index (χ4v) is 3.00. The van der Waals surface area contributed by atoms with E-state index in [-0.39, 0.29) is 30.8 Å². The fraction of sp³-hybridized carbons (Fsp3) is 0.143. The summed E-state index contributed by atoms with van der Waals surface area (Å²) in [7, 11) is 0. The average Bonchev–Trinajstić information content (AvgIpc) is 2.73. The van der Waals surface area contributed by atoms with Crippen molar-refractivity contribution in [2.24, 2.45) is 5.16 Å². The maximum atomic E-state index is 12.2. The molecule has 0 amide bonds. The summed E-state index contributed by atoms with van der Waals surface area (Å²) in [5.41, 5.74) is 1.07. The van der Waals surface area contributed by atoms with Crippen molar-refractivity contribution >= 4 is 28.1 Å². The molecule has 3 aromatic carbocycles. The van der Waals surface area contributed by atoms with Gasteiger partial charge in [0, 0.05) is 18.1 Å². The number of fused-ring (bicyclic) bond motifs is 1. The molecule has 142 valence electrons. The highest BCUT2D eigenvalue weighted by Crippen LogP contribution is 2.29. The van der Waals surface area contributed by atoms with Crippen molar-refractivity contribution in [2.75, 3.05) is 0 Å². The predicted molar refractivity (Wildman–Crippen MR) is 104 cm³/mol. The summed E-state index contributed by atoms with van der Waals surface area (Å²) in [5.74, 6) is -0.755. The normalized spacial score (nSPS) is 11.4. The summed E-state index contributed by atoms with van der Waals surface area (Å²) >= 11 is 0. The number of ether oxygens (including phenoxy) is 1. The van der Waals surface area contributed by atoms with Crippen LogP contribution in [0.5, 0.6) is 0 Å². The van der Waals surface area contributed by atoms with E-state index >= 15 is 0 Å². The van der Waals surface area contributed by atoms with Crippen molar-refractivity contribution in [2.45, 2.75) is 19.4 Å². The summed E-state index contributed by atoms with van der Waals surface area (Å²) in [4.78, 5) is 23.2. The van der Waals surface area contributed by atoms with Crippen molar-refractivity contribution < 1.29 is 19.7 Å². The van der Waals surface area contributed by atoms with Gasteiger partial charge >= 0.3 is 5.97 Å². The van der Waals surface area contributed by atoms with Gasteiger partial charge in [-0.3, -0.25) is 10.1 Å². The van der Waals surface area contributed by atoms with Gasteiger partial charge in [0.25, 0.3) is 5.69 Å². The summed E-state index contributed by atoms with van der Waals surface area (Å²) in [6.45, 7) is 0.0487.